The number of para-hydroxylation sites is 1. The third kappa shape index (κ3) is 2.54. The first-order chi connectivity index (χ1) is 9.97. The Morgan fingerprint density at radius 2 is 1.81 bits per heavy atom. The van der Waals surface area contributed by atoms with Gasteiger partial charge in [0, 0.05) is 24.6 Å². The minimum Gasteiger partial charge on any atom is -0.489 e. The van der Waals surface area contributed by atoms with Crippen LogP contribution in [0.4, 0.5) is 0 Å². The van der Waals surface area contributed by atoms with E-state index in [9.17, 15) is 4.79 Å². The predicted molar refractivity (Wildman–Crippen MR) is 83.8 cm³/mol. The van der Waals surface area contributed by atoms with E-state index in [0.29, 0.717) is 17.8 Å². The number of hydrogen-bond donors (Lipinski definition) is 0. The zero-order chi connectivity index (χ0) is 15.1. The van der Waals surface area contributed by atoms with Crippen molar-refractivity contribution in [2.24, 2.45) is 11.8 Å². The van der Waals surface area contributed by atoms with E-state index in [-0.39, 0.29) is 12.0 Å². The standard InChI is InChI=1S/C18H25NO2/c1-11-8-12(2)10-19(9-11)18(20)16-7-5-6-15-13(3)14(4)21-17(15)16/h5-7,11-14H,8-10H2,1-4H3. The van der Waals surface area contributed by atoms with Crippen LogP contribution in [-0.4, -0.2) is 30.0 Å². The summed E-state index contributed by atoms with van der Waals surface area (Å²) in [6.07, 6.45) is 1.36. The lowest BCUT2D eigenvalue weighted by atomic mass is 9.91. The van der Waals surface area contributed by atoms with Crippen molar-refractivity contribution in [3.8, 4) is 5.75 Å². The van der Waals surface area contributed by atoms with Crippen LogP contribution in [0, 0.1) is 11.8 Å². The topological polar surface area (TPSA) is 29.5 Å². The van der Waals surface area contributed by atoms with Crippen LogP contribution in [0.25, 0.3) is 0 Å². The van der Waals surface area contributed by atoms with Gasteiger partial charge in [0.1, 0.15) is 11.9 Å². The number of carbonyl (C=O) groups excluding carboxylic acids is 1. The first kappa shape index (κ1) is 14.4. The van der Waals surface area contributed by atoms with Gasteiger partial charge < -0.3 is 9.64 Å². The van der Waals surface area contributed by atoms with Gasteiger partial charge in [-0.15, -0.1) is 0 Å². The summed E-state index contributed by atoms with van der Waals surface area (Å²) in [5.74, 6) is 2.45. The fourth-order valence-electron chi connectivity index (χ4n) is 3.75. The lowest BCUT2D eigenvalue weighted by Gasteiger charge is -2.35. The van der Waals surface area contributed by atoms with Crippen LogP contribution in [0.1, 0.15) is 56.0 Å². The Hall–Kier alpha value is -1.51. The number of ether oxygens (including phenoxy) is 1. The van der Waals surface area contributed by atoms with Crippen molar-refractivity contribution in [3.63, 3.8) is 0 Å². The first-order valence-electron chi connectivity index (χ1n) is 8.06. The zero-order valence-electron chi connectivity index (χ0n) is 13.4. The molecular weight excluding hydrogens is 262 g/mol. The second kappa shape index (κ2) is 5.36. The van der Waals surface area contributed by atoms with Crippen molar-refractivity contribution in [1.29, 1.82) is 0 Å². The van der Waals surface area contributed by atoms with Crippen LogP contribution in [0.2, 0.25) is 0 Å². The summed E-state index contributed by atoms with van der Waals surface area (Å²) in [6, 6.07) is 5.98. The Balaban J connectivity index is 1.90. The smallest absolute Gasteiger partial charge is 0.257 e. The molecule has 0 bridgehead atoms. The molecule has 4 unspecified atom stereocenters. The van der Waals surface area contributed by atoms with E-state index in [1.165, 1.54) is 12.0 Å². The molecule has 0 radical (unpaired) electrons. The molecule has 1 amide bonds. The van der Waals surface area contributed by atoms with Crippen molar-refractivity contribution < 1.29 is 9.53 Å². The molecule has 3 rings (SSSR count). The van der Waals surface area contributed by atoms with Gasteiger partial charge in [-0.1, -0.05) is 32.9 Å². The van der Waals surface area contributed by atoms with Gasteiger partial charge in [0.25, 0.3) is 5.91 Å². The molecule has 3 heteroatoms. The van der Waals surface area contributed by atoms with Crippen molar-refractivity contribution in [2.75, 3.05) is 13.1 Å². The van der Waals surface area contributed by atoms with Gasteiger partial charge in [-0.2, -0.15) is 0 Å². The third-order valence-electron chi connectivity index (χ3n) is 4.93. The van der Waals surface area contributed by atoms with Gasteiger partial charge in [-0.3, -0.25) is 4.79 Å². The van der Waals surface area contributed by atoms with E-state index in [4.69, 9.17) is 4.74 Å². The van der Waals surface area contributed by atoms with E-state index >= 15 is 0 Å². The highest BCUT2D eigenvalue weighted by Crippen LogP contribution is 2.40. The first-order valence-corrected chi connectivity index (χ1v) is 8.06. The number of fused-ring (bicyclic) bond motifs is 1. The van der Waals surface area contributed by atoms with Gasteiger partial charge >= 0.3 is 0 Å². The summed E-state index contributed by atoms with van der Waals surface area (Å²) >= 11 is 0. The Labute approximate surface area is 127 Å². The number of benzene rings is 1. The second-order valence-corrected chi connectivity index (χ2v) is 6.99. The molecule has 1 aromatic rings. The van der Waals surface area contributed by atoms with Crippen molar-refractivity contribution in [3.05, 3.63) is 29.3 Å². The van der Waals surface area contributed by atoms with Crippen LogP contribution >= 0.6 is 0 Å². The Kier molecular flexibility index (Phi) is 3.68. The maximum Gasteiger partial charge on any atom is 0.257 e. The van der Waals surface area contributed by atoms with Crippen molar-refractivity contribution in [1.82, 2.24) is 4.90 Å². The maximum absolute atomic E-state index is 12.9. The number of carbonyl (C=O) groups is 1. The van der Waals surface area contributed by atoms with Crippen LogP contribution in [0.5, 0.6) is 5.75 Å². The molecule has 2 aliphatic rings. The molecule has 1 saturated heterocycles. The Morgan fingerprint density at radius 1 is 1.14 bits per heavy atom. The zero-order valence-corrected chi connectivity index (χ0v) is 13.4. The van der Waals surface area contributed by atoms with Gasteiger partial charge in [-0.05, 0) is 31.2 Å². The molecule has 0 N–H and O–H groups in total. The molecule has 2 aliphatic heterocycles. The van der Waals surface area contributed by atoms with Crippen LogP contribution in [-0.2, 0) is 0 Å². The molecule has 0 aliphatic carbocycles. The number of piperidine rings is 1. The maximum atomic E-state index is 12.9. The van der Waals surface area contributed by atoms with Crippen LogP contribution < -0.4 is 4.74 Å². The molecule has 0 aromatic heterocycles. The lowest BCUT2D eigenvalue weighted by Crippen LogP contribution is -2.42. The number of likely N-dealkylation sites (tertiary alicyclic amines) is 1. The predicted octanol–water partition coefficient (Wildman–Crippen LogP) is 3.69. The van der Waals surface area contributed by atoms with Crippen molar-refractivity contribution >= 4 is 5.91 Å². The number of amides is 1. The minimum absolute atomic E-state index is 0.131. The number of nitrogens with zero attached hydrogens (tertiary/aromatic N) is 1. The van der Waals surface area contributed by atoms with E-state index in [0.717, 1.165) is 24.4 Å². The van der Waals surface area contributed by atoms with E-state index in [1.807, 2.05) is 17.0 Å². The summed E-state index contributed by atoms with van der Waals surface area (Å²) < 4.78 is 5.97. The molecule has 1 fully saturated rings. The van der Waals surface area contributed by atoms with Gasteiger partial charge in [0.2, 0.25) is 0 Å². The summed E-state index contributed by atoms with van der Waals surface area (Å²) in [7, 11) is 0. The van der Waals surface area contributed by atoms with Crippen molar-refractivity contribution in [2.45, 2.75) is 46.1 Å². The van der Waals surface area contributed by atoms with Crippen LogP contribution in [0.15, 0.2) is 18.2 Å². The van der Waals surface area contributed by atoms with Gasteiger partial charge in [0.05, 0.1) is 5.56 Å². The second-order valence-electron chi connectivity index (χ2n) is 6.99. The van der Waals surface area contributed by atoms with E-state index < -0.39 is 0 Å². The number of hydrogen-bond acceptors (Lipinski definition) is 2. The van der Waals surface area contributed by atoms with Gasteiger partial charge in [-0.25, -0.2) is 0 Å². The van der Waals surface area contributed by atoms with Gasteiger partial charge in [0.15, 0.2) is 0 Å². The quantitative estimate of drug-likeness (QED) is 0.788. The van der Waals surface area contributed by atoms with Crippen LogP contribution in [0.3, 0.4) is 0 Å². The number of rotatable bonds is 1. The molecule has 21 heavy (non-hydrogen) atoms. The molecule has 0 spiro atoms. The average molecular weight is 287 g/mol. The highest BCUT2D eigenvalue weighted by molar-refractivity contribution is 5.97. The summed E-state index contributed by atoms with van der Waals surface area (Å²) in [5, 5.41) is 0. The van der Waals surface area contributed by atoms with E-state index in [2.05, 4.69) is 33.8 Å². The van der Waals surface area contributed by atoms with E-state index in [1.54, 1.807) is 0 Å². The molecule has 3 nitrogen and oxygen atoms in total. The Bertz CT molecular complexity index is 544. The average Bonchev–Trinajstić information content (AvgIpc) is 2.73. The summed E-state index contributed by atoms with van der Waals surface area (Å²) in [5.41, 5.74) is 1.91. The Morgan fingerprint density at radius 3 is 2.48 bits per heavy atom. The molecule has 2 heterocycles. The minimum atomic E-state index is 0.131. The molecule has 4 atom stereocenters. The molecule has 0 saturated carbocycles. The lowest BCUT2D eigenvalue weighted by molar-refractivity contribution is 0.0618. The monoisotopic (exact) mass is 287 g/mol. The summed E-state index contributed by atoms with van der Waals surface area (Å²) in [4.78, 5) is 14.9. The fraction of sp³-hybridized carbons (Fsp3) is 0.611. The molecule has 1 aromatic carbocycles. The largest absolute Gasteiger partial charge is 0.489 e. The normalized spacial score (nSPS) is 31.7. The fourth-order valence-corrected chi connectivity index (χ4v) is 3.75. The SMILES string of the molecule is CC1CC(C)CN(C(=O)c2cccc3c2OC(C)C3C)C1. The molecular formula is C18H25NO2. The third-order valence-corrected chi connectivity index (χ3v) is 4.93. The molecule has 114 valence electrons. The highest BCUT2D eigenvalue weighted by Gasteiger charge is 2.33. The summed E-state index contributed by atoms with van der Waals surface area (Å²) in [6.45, 7) is 10.4. The highest BCUT2D eigenvalue weighted by atomic mass is 16.5.